The van der Waals surface area contributed by atoms with Gasteiger partial charge in [0, 0.05) is 6.42 Å². The maximum atomic E-state index is 5.55. The fourth-order valence-corrected chi connectivity index (χ4v) is 1.06. The van der Waals surface area contributed by atoms with Crippen LogP contribution in [0.4, 0.5) is 0 Å². The summed E-state index contributed by atoms with van der Waals surface area (Å²) in [6.45, 7) is 0. The van der Waals surface area contributed by atoms with Crippen LogP contribution < -0.4 is 0 Å². The lowest BCUT2D eigenvalue weighted by molar-refractivity contribution is 0.509. The zero-order valence-corrected chi connectivity index (χ0v) is 7.16. The van der Waals surface area contributed by atoms with Gasteiger partial charge < -0.3 is 4.42 Å². The molecular formula is C7H9ClOS. The van der Waals surface area contributed by atoms with E-state index < -0.39 is 0 Å². The average molecular weight is 177 g/mol. The van der Waals surface area contributed by atoms with Gasteiger partial charge in [0.1, 0.15) is 5.76 Å². The van der Waals surface area contributed by atoms with E-state index in [4.69, 9.17) is 16.0 Å². The Hall–Kier alpha value is -0.0800. The molecule has 1 nitrogen and oxygen atoms in total. The number of halogens is 1. The summed E-state index contributed by atoms with van der Waals surface area (Å²) in [6, 6.07) is 3.65. The SMILES string of the molecule is SCCCc1ccc(Cl)o1. The third-order valence-corrected chi connectivity index (χ3v) is 1.73. The molecule has 1 aromatic heterocycles. The van der Waals surface area contributed by atoms with E-state index in [2.05, 4.69) is 12.6 Å². The average Bonchev–Trinajstić information content (AvgIpc) is 2.31. The minimum Gasteiger partial charge on any atom is -0.450 e. The van der Waals surface area contributed by atoms with Crippen LogP contribution in [0.2, 0.25) is 5.22 Å². The molecule has 0 unspecified atom stereocenters. The molecule has 0 aliphatic heterocycles. The van der Waals surface area contributed by atoms with Crippen molar-refractivity contribution in [2.75, 3.05) is 5.75 Å². The number of rotatable bonds is 3. The van der Waals surface area contributed by atoms with Gasteiger partial charge >= 0.3 is 0 Å². The molecule has 1 aromatic rings. The van der Waals surface area contributed by atoms with Crippen molar-refractivity contribution in [3.63, 3.8) is 0 Å². The molecule has 0 radical (unpaired) electrons. The summed E-state index contributed by atoms with van der Waals surface area (Å²) < 4.78 is 5.12. The Morgan fingerprint density at radius 1 is 1.50 bits per heavy atom. The Labute approximate surface area is 70.8 Å². The molecule has 0 aliphatic rings. The predicted molar refractivity (Wildman–Crippen MR) is 45.9 cm³/mol. The Morgan fingerprint density at radius 2 is 2.30 bits per heavy atom. The molecule has 0 spiro atoms. The van der Waals surface area contributed by atoms with Crippen LogP contribution in [-0.4, -0.2) is 5.75 Å². The number of hydrogen-bond donors (Lipinski definition) is 1. The predicted octanol–water partition coefficient (Wildman–Crippen LogP) is 2.80. The standard InChI is InChI=1S/C7H9ClOS/c8-7-4-3-6(9-7)2-1-5-10/h3-4,10H,1-2,5H2. The van der Waals surface area contributed by atoms with Crippen LogP contribution in [0.15, 0.2) is 16.5 Å². The maximum Gasteiger partial charge on any atom is 0.193 e. The lowest BCUT2D eigenvalue weighted by Crippen LogP contribution is -1.81. The normalized spacial score (nSPS) is 10.2. The maximum absolute atomic E-state index is 5.55. The van der Waals surface area contributed by atoms with Crippen LogP contribution in [0.25, 0.3) is 0 Å². The molecule has 1 rings (SSSR count). The molecular weight excluding hydrogens is 168 g/mol. The summed E-state index contributed by atoms with van der Waals surface area (Å²) in [4.78, 5) is 0. The molecule has 0 bridgehead atoms. The van der Waals surface area contributed by atoms with E-state index in [-0.39, 0.29) is 0 Å². The van der Waals surface area contributed by atoms with E-state index in [1.54, 1.807) is 6.07 Å². The third-order valence-electron chi connectivity index (χ3n) is 1.21. The van der Waals surface area contributed by atoms with Gasteiger partial charge in [-0.3, -0.25) is 0 Å². The van der Waals surface area contributed by atoms with Crippen LogP contribution in [0, 0.1) is 0 Å². The van der Waals surface area contributed by atoms with Gasteiger partial charge in [-0.25, -0.2) is 0 Å². The summed E-state index contributed by atoms with van der Waals surface area (Å²) in [7, 11) is 0. The molecule has 0 fully saturated rings. The molecule has 0 saturated carbocycles. The van der Waals surface area contributed by atoms with Gasteiger partial charge in [0.05, 0.1) is 0 Å². The molecule has 0 aromatic carbocycles. The van der Waals surface area contributed by atoms with Crippen LogP contribution in [-0.2, 0) is 6.42 Å². The zero-order valence-electron chi connectivity index (χ0n) is 5.51. The zero-order chi connectivity index (χ0) is 7.40. The Bertz CT molecular complexity index is 197. The monoisotopic (exact) mass is 176 g/mol. The van der Waals surface area contributed by atoms with Gasteiger partial charge in [0.25, 0.3) is 0 Å². The fourth-order valence-electron chi connectivity index (χ4n) is 0.739. The number of thiol groups is 1. The number of furan rings is 1. The summed E-state index contributed by atoms with van der Waals surface area (Å²) in [5, 5.41) is 0.467. The topological polar surface area (TPSA) is 13.1 Å². The van der Waals surface area contributed by atoms with Gasteiger partial charge in [-0.2, -0.15) is 12.6 Å². The summed E-state index contributed by atoms with van der Waals surface area (Å²) in [5.74, 6) is 1.83. The second kappa shape index (κ2) is 3.94. The molecule has 0 N–H and O–H groups in total. The first-order valence-corrected chi connectivity index (χ1v) is 4.19. The van der Waals surface area contributed by atoms with E-state index in [1.165, 1.54) is 0 Å². The molecule has 0 aliphatic carbocycles. The van der Waals surface area contributed by atoms with E-state index >= 15 is 0 Å². The van der Waals surface area contributed by atoms with E-state index in [9.17, 15) is 0 Å². The largest absolute Gasteiger partial charge is 0.450 e. The van der Waals surface area contributed by atoms with Gasteiger partial charge in [-0.1, -0.05) is 0 Å². The first kappa shape index (κ1) is 8.02. The molecule has 0 amide bonds. The summed E-state index contributed by atoms with van der Waals surface area (Å²) in [5.41, 5.74) is 0. The summed E-state index contributed by atoms with van der Waals surface area (Å²) >= 11 is 9.64. The van der Waals surface area contributed by atoms with Crippen molar-refractivity contribution in [2.45, 2.75) is 12.8 Å². The van der Waals surface area contributed by atoms with Crippen LogP contribution in [0.5, 0.6) is 0 Å². The Morgan fingerprint density at radius 3 is 2.80 bits per heavy atom. The van der Waals surface area contributed by atoms with Crippen molar-refractivity contribution in [1.82, 2.24) is 0 Å². The molecule has 3 heteroatoms. The number of hydrogen-bond acceptors (Lipinski definition) is 2. The van der Waals surface area contributed by atoms with Gasteiger partial charge in [0.15, 0.2) is 5.22 Å². The van der Waals surface area contributed by atoms with Gasteiger partial charge in [0.2, 0.25) is 0 Å². The molecule has 56 valence electrons. The highest BCUT2D eigenvalue weighted by atomic mass is 35.5. The van der Waals surface area contributed by atoms with Gasteiger partial charge in [-0.15, -0.1) is 0 Å². The quantitative estimate of drug-likeness (QED) is 0.699. The lowest BCUT2D eigenvalue weighted by Gasteiger charge is -1.90. The summed E-state index contributed by atoms with van der Waals surface area (Å²) in [6.07, 6.45) is 1.96. The highest BCUT2D eigenvalue weighted by Crippen LogP contribution is 2.14. The second-order valence-corrected chi connectivity index (χ2v) is 2.85. The Balaban J connectivity index is 2.42. The fraction of sp³-hybridized carbons (Fsp3) is 0.429. The first-order chi connectivity index (χ1) is 4.83. The molecule has 0 saturated heterocycles. The first-order valence-electron chi connectivity index (χ1n) is 3.18. The van der Waals surface area contributed by atoms with E-state index in [0.29, 0.717) is 5.22 Å². The van der Waals surface area contributed by atoms with Crippen LogP contribution in [0.1, 0.15) is 12.2 Å². The van der Waals surface area contributed by atoms with Crippen molar-refractivity contribution in [1.29, 1.82) is 0 Å². The van der Waals surface area contributed by atoms with Crippen LogP contribution in [0.3, 0.4) is 0 Å². The van der Waals surface area contributed by atoms with Crippen molar-refractivity contribution in [3.8, 4) is 0 Å². The smallest absolute Gasteiger partial charge is 0.193 e. The molecule has 10 heavy (non-hydrogen) atoms. The minimum absolute atomic E-state index is 0.467. The second-order valence-electron chi connectivity index (χ2n) is 2.03. The minimum atomic E-state index is 0.467. The highest BCUT2D eigenvalue weighted by Gasteiger charge is 1.97. The van der Waals surface area contributed by atoms with E-state index in [1.807, 2.05) is 6.07 Å². The van der Waals surface area contributed by atoms with Crippen molar-refractivity contribution >= 4 is 24.2 Å². The van der Waals surface area contributed by atoms with Crippen LogP contribution >= 0.6 is 24.2 Å². The van der Waals surface area contributed by atoms with Crippen molar-refractivity contribution in [3.05, 3.63) is 23.1 Å². The van der Waals surface area contributed by atoms with Crippen molar-refractivity contribution in [2.24, 2.45) is 0 Å². The van der Waals surface area contributed by atoms with Gasteiger partial charge in [-0.05, 0) is 35.9 Å². The van der Waals surface area contributed by atoms with Crippen molar-refractivity contribution < 1.29 is 4.42 Å². The third kappa shape index (κ3) is 2.27. The molecule has 1 heterocycles. The van der Waals surface area contributed by atoms with E-state index in [0.717, 1.165) is 24.4 Å². The highest BCUT2D eigenvalue weighted by molar-refractivity contribution is 7.80. The number of aryl methyl sites for hydroxylation is 1. The lowest BCUT2D eigenvalue weighted by atomic mass is 10.3. The molecule has 0 atom stereocenters. The Kier molecular flexibility index (Phi) is 3.16.